The molecule has 1 unspecified atom stereocenters. The second-order valence-corrected chi connectivity index (χ2v) is 6.52. The van der Waals surface area contributed by atoms with Crippen molar-refractivity contribution < 1.29 is 4.92 Å². The van der Waals surface area contributed by atoms with Gasteiger partial charge in [-0.25, -0.2) is 4.98 Å². The first-order chi connectivity index (χ1) is 8.63. The van der Waals surface area contributed by atoms with Crippen molar-refractivity contribution in [1.82, 2.24) is 4.98 Å². The van der Waals surface area contributed by atoms with Gasteiger partial charge >= 0.3 is 5.69 Å². The quantitative estimate of drug-likeness (QED) is 0.357. The summed E-state index contributed by atoms with van der Waals surface area (Å²) < 4.78 is 0.844. The molecule has 0 saturated heterocycles. The summed E-state index contributed by atoms with van der Waals surface area (Å²) in [5, 5.41) is 11.5. The summed E-state index contributed by atoms with van der Waals surface area (Å²) in [6.45, 7) is 2.02. The first-order valence-electron chi connectivity index (χ1n) is 5.36. The summed E-state index contributed by atoms with van der Waals surface area (Å²) in [6.07, 6.45) is 0.818. The first kappa shape index (κ1) is 13.6. The molecule has 0 aliphatic rings. The number of hydrogen-bond donors (Lipinski definition) is 0. The molecule has 18 heavy (non-hydrogen) atoms. The van der Waals surface area contributed by atoms with Crippen molar-refractivity contribution in [2.75, 3.05) is 5.88 Å². The highest BCUT2D eigenvalue weighted by molar-refractivity contribution is 8.00. The maximum Gasteiger partial charge on any atom is 0.309 e. The van der Waals surface area contributed by atoms with Gasteiger partial charge in [0, 0.05) is 11.1 Å². The molecule has 0 N–H and O–H groups in total. The number of rotatable bonds is 5. The van der Waals surface area contributed by atoms with E-state index in [-0.39, 0.29) is 15.9 Å². The lowest BCUT2D eigenvalue weighted by Gasteiger charge is -2.09. The molecule has 0 saturated carbocycles. The van der Waals surface area contributed by atoms with E-state index in [9.17, 15) is 10.1 Å². The Bertz CT molecular complexity index is 573. The number of nitro groups is 1. The maximum atomic E-state index is 11.2. The van der Waals surface area contributed by atoms with E-state index in [2.05, 4.69) is 4.98 Å². The molecule has 0 bridgehead atoms. The fourth-order valence-corrected chi connectivity index (χ4v) is 3.83. The van der Waals surface area contributed by atoms with Crippen molar-refractivity contribution in [3.8, 4) is 0 Å². The monoisotopic (exact) mass is 302 g/mol. The van der Waals surface area contributed by atoms with Gasteiger partial charge in [-0.3, -0.25) is 10.1 Å². The minimum absolute atomic E-state index is 0.111. The highest BCUT2D eigenvalue weighted by atomic mass is 35.5. The van der Waals surface area contributed by atoms with Crippen LogP contribution in [-0.4, -0.2) is 21.0 Å². The molecular weight excluding hydrogens is 292 g/mol. The molecule has 0 fully saturated rings. The van der Waals surface area contributed by atoms with Crippen molar-refractivity contribution in [2.24, 2.45) is 0 Å². The van der Waals surface area contributed by atoms with Crippen LogP contribution in [0, 0.1) is 10.1 Å². The Balaban J connectivity index is 2.43. The normalized spacial score (nSPS) is 12.8. The van der Waals surface area contributed by atoms with Crippen LogP contribution in [0.5, 0.6) is 0 Å². The number of benzene rings is 1. The molecule has 0 aliphatic carbocycles. The molecule has 96 valence electrons. The molecule has 0 amide bonds. The highest BCUT2D eigenvalue weighted by Crippen LogP contribution is 2.38. The van der Waals surface area contributed by atoms with E-state index in [1.165, 1.54) is 23.1 Å². The zero-order valence-electron chi connectivity index (χ0n) is 9.63. The van der Waals surface area contributed by atoms with Crippen molar-refractivity contribution in [3.63, 3.8) is 0 Å². The van der Waals surface area contributed by atoms with Crippen molar-refractivity contribution in [3.05, 3.63) is 27.8 Å². The number of fused-ring (bicyclic) bond motifs is 1. The Morgan fingerprint density at radius 3 is 3.06 bits per heavy atom. The predicted octanol–water partition coefficient (Wildman–Crippen LogP) is 4.31. The molecule has 2 aromatic rings. The molecular formula is C11H11ClN2O2S2. The van der Waals surface area contributed by atoms with Gasteiger partial charge in [0.2, 0.25) is 0 Å². The van der Waals surface area contributed by atoms with Crippen LogP contribution in [0.25, 0.3) is 10.2 Å². The summed E-state index contributed by atoms with van der Waals surface area (Å²) >= 11 is 8.58. The first-order valence-corrected chi connectivity index (χ1v) is 7.66. The lowest BCUT2D eigenvalue weighted by atomic mass is 10.3. The van der Waals surface area contributed by atoms with Gasteiger partial charge in [0.05, 0.1) is 20.0 Å². The van der Waals surface area contributed by atoms with Gasteiger partial charge in [-0.2, -0.15) is 0 Å². The van der Waals surface area contributed by atoms with E-state index < -0.39 is 0 Å². The Labute approximate surface area is 118 Å². The van der Waals surface area contributed by atoms with E-state index in [1.54, 1.807) is 11.6 Å². The van der Waals surface area contributed by atoms with Crippen LogP contribution >= 0.6 is 34.7 Å². The van der Waals surface area contributed by atoms with Gasteiger partial charge in [0.15, 0.2) is 5.52 Å². The third kappa shape index (κ3) is 2.76. The maximum absolute atomic E-state index is 11.2. The largest absolute Gasteiger partial charge is 0.309 e. The number of thioether (sulfide) groups is 1. The van der Waals surface area contributed by atoms with Crippen LogP contribution in [0.2, 0.25) is 0 Å². The molecule has 0 radical (unpaired) electrons. The summed E-state index contributed by atoms with van der Waals surface area (Å²) in [5.74, 6) is 0.556. The number of halogens is 1. The average molecular weight is 303 g/mol. The third-order valence-corrected chi connectivity index (χ3v) is 4.70. The van der Waals surface area contributed by atoms with Crippen molar-refractivity contribution >= 4 is 50.6 Å². The van der Waals surface area contributed by atoms with E-state index >= 15 is 0 Å². The predicted molar refractivity (Wildman–Crippen MR) is 76.9 cm³/mol. The zero-order valence-corrected chi connectivity index (χ0v) is 12.0. The molecule has 7 heteroatoms. The van der Waals surface area contributed by atoms with Gasteiger partial charge in [0.1, 0.15) is 0 Å². The molecule has 0 spiro atoms. The average Bonchev–Trinajstić information content (AvgIpc) is 2.76. The number of nitrogens with zero attached hydrogens (tertiary/aromatic N) is 2. The van der Waals surface area contributed by atoms with Gasteiger partial charge in [0.25, 0.3) is 0 Å². The fourth-order valence-electron chi connectivity index (χ4n) is 1.60. The molecule has 1 aromatic carbocycles. The molecule has 1 aromatic heterocycles. The van der Waals surface area contributed by atoms with Crippen LogP contribution in [0.3, 0.4) is 0 Å². The summed E-state index contributed by atoms with van der Waals surface area (Å²) in [7, 11) is 0. The Morgan fingerprint density at radius 2 is 2.39 bits per heavy atom. The Hall–Kier alpha value is -0.850. The minimum Gasteiger partial charge on any atom is -0.258 e. The number of alkyl halides is 1. The van der Waals surface area contributed by atoms with E-state index in [4.69, 9.17) is 11.6 Å². The van der Waals surface area contributed by atoms with Crippen LogP contribution < -0.4 is 0 Å². The van der Waals surface area contributed by atoms with Crippen molar-refractivity contribution in [1.29, 1.82) is 0 Å². The number of hydrogen-bond acceptors (Lipinski definition) is 5. The van der Waals surface area contributed by atoms with Crippen molar-refractivity contribution in [2.45, 2.75) is 23.5 Å². The van der Waals surface area contributed by atoms with Gasteiger partial charge in [-0.05, 0) is 18.6 Å². The topological polar surface area (TPSA) is 56.0 Å². The Morgan fingerprint density at radius 1 is 1.61 bits per heavy atom. The van der Waals surface area contributed by atoms with Gasteiger partial charge in [-0.15, -0.1) is 34.7 Å². The van der Waals surface area contributed by atoms with Gasteiger partial charge in [-0.1, -0.05) is 6.92 Å². The summed E-state index contributed by atoms with van der Waals surface area (Å²) in [6, 6.07) is 3.68. The molecule has 1 heterocycles. The molecule has 2 rings (SSSR count). The Kier molecular flexibility index (Phi) is 4.42. The minimum atomic E-state index is -0.349. The van der Waals surface area contributed by atoms with E-state index in [0.29, 0.717) is 16.3 Å². The van der Waals surface area contributed by atoms with Crippen LogP contribution in [-0.2, 0) is 0 Å². The second-order valence-electron chi connectivity index (χ2n) is 3.77. The lowest BCUT2D eigenvalue weighted by Crippen LogP contribution is -1.99. The summed E-state index contributed by atoms with van der Waals surface area (Å²) in [5.41, 5.74) is 2.22. The summed E-state index contributed by atoms with van der Waals surface area (Å²) in [4.78, 5) is 15.6. The number of aromatic nitrogens is 1. The third-order valence-electron chi connectivity index (χ3n) is 2.47. The van der Waals surface area contributed by atoms with E-state index in [0.717, 1.165) is 11.1 Å². The zero-order chi connectivity index (χ0) is 13.1. The lowest BCUT2D eigenvalue weighted by molar-refractivity contribution is -0.386. The van der Waals surface area contributed by atoms with E-state index in [1.807, 2.05) is 13.0 Å². The number of thiazole rings is 1. The second kappa shape index (κ2) is 5.86. The highest BCUT2D eigenvalue weighted by Gasteiger charge is 2.22. The standard InChI is InChI=1S/C11H11ClN2O2S2/c1-7(4-5-12)18-9-3-2-8-10(13-6-17-8)11(9)14(15)16/h2-3,6-7H,4-5H2,1H3. The van der Waals surface area contributed by atoms with Crippen LogP contribution in [0.1, 0.15) is 13.3 Å². The van der Waals surface area contributed by atoms with Crippen LogP contribution in [0.4, 0.5) is 5.69 Å². The van der Waals surface area contributed by atoms with Crippen LogP contribution in [0.15, 0.2) is 22.5 Å². The molecule has 4 nitrogen and oxygen atoms in total. The fraction of sp³-hybridized carbons (Fsp3) is 0.364. The smallest absolute Gasteiger partial charge is 0.258 e. The number of nitro benzene ring substituents is 1. The van der Waals surface area contributed by atoms with Gasteiger partial charge < -0.3 is 0 Å². The SMILES string of the molecule is CC(CCCl)Sc1ccc2scnc2c1[N+](=O)[O-]. The molecule has 1 atom stereocenters. The molecule has 0 aliphatic heterocycles.